The standard InChI is InChI=1S/C46H34N2.C25H21NO2.C23H17NO.C16H13N.C9H9BrO2.C2H6/c1-3-15-41(16-4-1)47(45-31-25-37-11-7-9-13-39(37)33-45)43-27-21-35(22-28-43)19-20-36-23-29-44(30-24-36)48(42-17-5-2-6-18-42)46-32-26-38-12-8-10-14-40(38)34-46;1-2-8-22(9-3-1)26(24-15-10-19-6-4-5-7-21(19)18-24)23-13-11-20(12-14-23)25-27-16-17-28-25;25-17-18-10-13-22(14-11-18)24(21-8-2-1-3-9-21)23-15-12-19-6-4-5-7-20(19)16-23;1-2-8-15(9-3-1)17-16-11-10-13-6-4-5-7-14(13)12-16;10-8-3-1-7(2-4-8)9-11-5-6-12-9;1-2/h1-34H;1-15,18,25H,16-17H2;1-17H;1-12,17H;1-4,9H,5-6H2;1-2H3/b20-19+;;;;;. The Kier molecular flexibility index (Phi) is 29.8. The van der Waals surface area contributed by atoms with Crippen LogP contribution in [0, 0.1) is 0 Å². The number of carbonyl (C=O) groups excluding carboxylic acids is 1. The highest BCUT2D eigenvalue weighted by Gasteiger charge is 2.22. The number of carbonyl (C=O) groups is 1. The normalized spacial score (nSPS) is 12.2. The van der Waals surface area contributed by atoms with Crippen molar-refractivity contribution >= 4 is 168 Å². The van der Waals surface area contributed by atoms with Gasteiger partial charge in [-0.15, -0.1) is 0 Å². The van der Waals surface area contributed by atoms with Gasteiger partial charge in [-0.25, -0.2) is 0 Å². The van der Waals surface area contributed by atoms with E-state index < -0.39 is 0 Å². The maximum atomic E-state index is 11.0. The molecule has 0 atom stereocenters. The van der Waals surface area contributed by atoms with Gasteiger partial charge < -0.3 is 43.9 Å². The Labute approximate surface area is 781 Å². The third kappa shape index (κ3) is 22.6. The summed E-state index contributed by atoms with van der Waals surface area (Å²) >= 11 is 3.37. The molecule has 0 bridgehead atoms. The van der Waals surface area contributed by atoms with E-state index in [0.29, 0.717) is 32.0 Å². The van der Waals surface area contributed by atoms with Crippen molar-refractivity contribution in [3.05, 3.63) is 518 Å². The number of fused-ring (bicyclic) bond motifs is 5. The molecule has 22 rings (SSSR count). The summed E-state index contributed by atoms with van der Waals surface area (Å²) in [5, 5.41) is 15.7. The monoisotopic (exact) mass is 1780 g/mol. The van der Waals surface area contributed by atoms with E-state index >= 15 is 0 Å². The molecule has 0 aromatic heterocycles. The van der Waals surface area contributed by atoms with Crippen molar-refractivity contribution in [3.63, 3.8) is 0 Å². The fourth-order valence-electron chi connectivity index (χ4n) is 16.2. The molecule has 2 saturated heterocycles. The lowest BCUT2D eigenvalue weighted by Crippen LogP contribution is -2.10. The first-order valence-electron chi connectivity index (χ1n) is 44.7. The van der Waals surface area contributed by atoms with Crippen LogP contribution in [0.4, 0.5) is 79.6 Å². The predicted molar refractivity (Wildman–Crippen MR) is 557 cm³/mol. The number of halogens is 1. The van der Waals surface area contributed by atoms with Gasteiger partial charge in [0.05, 0.1) is 26.4 Å². The lowest BCUT2D eigenvalue weighted by molar-refractivity contribution is -0.0443. The summed E-state index contributed by atoms with van der Waals surface area (Å²) in [7, 11) is 0. The summed E-state index contributed by atoms with van der Waals surface area (Å²) in [6.07, 6.45) is 4.82. The SMILES string of the molecule is Brc1ccc(C2OCCO2)cc1.C(=C\c1ccc(N(c2ccccc2)c2ccc3ccccc3c2)cc1)/c1ccc(N(c2ccccc2)c2ccc3ccccc3c2)cc1.CC.O=Cc1ccc(N(c2ccccc2)c2ccc3ccccc3c2)cc1.c1ccc(N(c2ccc(C3OCCO3)cc2)c2ccc3ccccc3c2)cc1.c1ccc(Nc2ccc3ccccc3c2)cc1. The number of hydrogen-bond acceptors (Lipinski definition) is 10. The van der Waals surface area contributed by atoms with E-state index in [-0.39, 0.29) is 12.6 Å². The Morgan fingerprint density at radius 1 is 0.227 bits per heavy atom. The third-order valence-electron chi connectivity index (χ3n) is 22.7. The summed E-state index contributed by atoms with van der Waals surface area (Å²) < 4.78 is 23.0. The number of ether oxygens (including phenoxy) is 4. The molecule has 0 unspecified atom stereocenters. The van der Waals surface area contributed by atoms with Crippen LogP contribution < -0.4 is 24.9 Å². The number of para-hydroxylation sites is 5. The van der Waals surface area contributed by atoms with Gasteiger partial charge in [0.25, 0.3) is 0 Å². The van der Waals surface area contributed by atoms with Gasteiger partial charge in [0, 0.05) is 101 Å². The molecule has 1 N–H and O–H groups in total. The molecule has 11 heteroatoms. The molecule has 646 valence electrons. The number of nitrogens with one attached hydrogen (secondary N) is 1. The van der Waals surface area contributed by atoms with Gasteiger partial charge in [-0.05, 0) is 259 Å². The molecule has 20 aromatic rings. The van der Waals surface area contributed by atoms with Crippen LogP contribution >= 0.6 is 15.9 Å². The molecule has 0 saturated carbocycles. The molecule has 0 radical (unpaired) electrons. The number of aldehydes is 1. The quantitative estimate of drug-likeness (QED) is 0.0625. The maximum absolute atomic E-state index is 11.0. The van der Waals surface area contributed by atoms with Crippen LogP contribution in [0.25, 0.3) is 66.0 Å². The Morgan fingerprint density at radius 3 is 0.750 bits per heavy atom. The molecule has 10 nitrogen and oxygen atoms in total. The number of anilines is 14. The largest absolute Gasteiger partial charge is 0.356 e. The Hall–Kier alpha value is -15.6. The zero-order valence-electron chi connectivity index (χ0n) is 73.6. The first kappa shape index (κ1) is 88.5. The number of hydrogen-bond donors (Lipinski definition) is 1. The van der Waals surface area contributed by atoms with Crippen LogP contribution in [-0.2, 0) is 18.9 Å². The summed E-state index contributed by atoms with van der Waals surface area (Å²) in [6, 6.07) is 169. The smallest absolute Gasteiger partial charge is 0.184 e. The average molecular weight is 1780 g/mol. The zero-order chi connectivity index (χ0) is 89.8. The van der Waals surface area contributed by atoms with Crippen molar-refractivity contribution in [3.8, 4) is 0 Å². The first-order valence-corrected chi connectivity index (χ1v) is 45.5. The van der Waals surface area contributed by atoms with Gasteiger partial charge in [0.1, 0.15) is 6.29 Å². The van der Waals surface area contributed by atoms with Gasteiger partial charge in [-0.2, -0.15) is 0 Å². The van der Waals surface area contributed by atoms with Crippen LogP contribution in [0.1, 0.15) is 59.0 Å². The Bertz CT molecular complexity index is 6950. The fraction of sp³-hybridized carbons (Fsp3) is 0.0661. The molecular weight excluding hydrogens is 1680 g/mol. The Balaban J connectivity index is 0.000000124. The van der Waals surface area contributed by atoms with E-state index in [9.17, 15) is 4.79 Å². The van der Waals surface area contributed by atoms with E-state index in [2.05, 4.69) is 447 Å². The minimum atomic E-state index is -0.250. The maximum Gasteiger partial charge on any atom is 0.184 e. The van der Waals surface area contributed by atoms with Crippen LogP contribution in [0.3, 0.4) is 0 Å². The molecule has 2 aliphatic heterocycles. The van der Waals surface area contributed by atoms with E-state index in [4.69, 9.17) is 18.9 Å². The molecule has 2 fully saturated rings. The van der Waals surface area contributed by atoms with E-state index in [1.54, 1.807) is 0 Å². The summed E-state index contributed by atoms with van der Waals surface area (Å²) in [5.41, 5.74) is 20.6. The molecular formula is C121H100BrN5O5. The molecule has 132 heavy (non-hydrogen) atoms. The van der Waals surface area contributed by atoms with Crippen molar-refractivity contribution in [1.29, 1.82) is 0 Å². The van der Waals surface area contributed by atoms with E-state index in [1.165, 1.54) is 53.9 Å². The number of benzene rings is 20. The number of rotatable bonds is 19. The van der Waals surface area contributed by atoms with E-state index in [1.807, 2.05) is 105 Å². The van der Waals surface area contributed by atoms with Crippen molar-refractivity contribution < 1.29 is 23.7 Å². The Morgan fingerprint density at radius 2 is 0.455 bits per heavy atom. The predicted octanol–water partition coefficient (Wildman–Crippen LogP) is 33.7. The second-order valence-corrected chi connectivity index (χ2v) is 32.3. The van der Waals surface area contributed by atoms with Crippen molar-refractivity contribution in [1.82, 2.24) is 0 Å². The number of nitrogens with zero attached hydrogens (tertiary/aromatic N) is 4. The lowest BCUT2D eigenvalue weighted by atomic mass is 10.1. The second-order valence-electron chi connectivity index (χ2n) is 31.4. The van der Waals surface area contributed by atoms with Gasteiger partial charge in [-0.3, -0.25) is 4.79 Å². The van der Waals surface area contributed by atoms with Crippen LogP contribution in [-0.4, -0.2) is 32.7 Å². The molecule has 2 aliphatic rings. The highest BCUT2D eigenvalue weighted by molar-refractivity contribution is 9.10. The average Bonchev–Trinajstić information content (AvgIpc) is 1.05. The van der Waals surface area contributed by atoms with Gasteiger partial charge in [0.2, 0.25) is 0 Å². The van der Waals surface area contributed by atoms with Crippen LogP contribution in [0.2, 0.25) is 0 Å². The molecule has 20 aromatic carbocycles. The van der Waals surface area contributed by atoms with Crippen molar-refractivity contribution in [2.24, 2.45) is 0 Å². The summed E-state index contributed by atoms with van der Waals surface area (Å²) in [5.74, 6) is 0. The van der Waals surface area contributed by atoms with Gasteiger partial charge >= 0.3 is 0 Å². The fourth-order valence-corrected chi connectivity index (χ4v) is 16.4. The minimum absolute atomic E-state index is 0.155. The summed E-state index contributed by atoms with van der Waals surface area (Å²) in [6.45, 7) is 6.70. The lowest BCUT2D eigenvalue weighted by Gasteiger charge is -2.26. The topological polar surface area (TPSA) is 79.0 Å². The molecule has 0 spiro atoms. The highest BCUT2D eigenvalue weighted by atomic mass is 79.9. The third-order valence-corrected chi connectivity index (χ3v) is 23.2. The van der Waals surface area contributed by atoms with Gasteiger partial charge in [0.15, 0.2) is 12.6 Å². The van der Waals surface area contributed by atoms with Gasteiger partial charge in [-0.1, -0.05) is 333 Å². The molecule has 0 amide bonds. The second kappa shape index (κ2) is 44.4. The highest BCUT2D eigenvalue weighted by Crippen LogP contribution is 2.42. The minimum Gasteiger partial charge on any atom is -0.356 e. The van der Waals surface area contributed by atoms with E-state index in [0.717, 1.165) is 113 Å². The summed E-state index contributed by atoms with van der Waals surface area (Å²) in [4.78, 5) is 20.1. The molecule has 2 heterocycles. The first-order chi connectivity index (χ1) is 65.3. The van der Waals surface area contributed by atoms with Crippen molar-refractivity contribution in [2.45, 2.75) is 26.4 Å². The zero-order valence-corrected chi connectivity index (χ0v) is 75.2. The van der Waals surface area contributed by atoms with Crippen molar-refractivity contribution in [2.75, 3.05) is 51.3 Å². The molecule has 0 aliphatic carbocycles. The van der Waals surface area contributed by atoms with Crippen LogP contribution in [0.5, 0.6) is 0 Å². The van der Waals surface area contributed by atoms with Crippen LogP contribution in [0.15, 0.2) is 490 Å².